The van der Waals surface area contributed by atoms with E-state index in [-0.39, 0.29) is 24.6 Å². The monoisotopic (exact) mass is 376 g/mol. The van der Waals surface area contributed by atoms with E-state index in [1.54, 1.807) is 42.6 Å². The summed E-state index contributed by atoms with van der Waals surface area (Å²) in [4.78, 5) is 24.2. The molecule has 1 fully saturated rings. The van der Waals surface area contributed by atoms with E-state index >= 15 is 0 Å². The van der Waals surface area contributed by atoms with E-state index in [2.05, 4.69) is 5.32 Å². The van der Waals surface area contributed by atoms with Crippen molar-refractivity contribution in [1.29, 1.82) is 0 Å². The number of sulfonamides is 1. The molecule has 3 rings (SSSR count). The van der Waals surface area contributed by atoms with Crippen LogP contribution in [0, 0.1) is 0 Å². The Hall–Kier alpha value is -2.49. The minimum atomic E-state index is -3.34. The number of hydrogen-bond acceptors (Lipinski definition) is 5. The fraction of sp³-hybridized carbons (Fsp3) is 0.294. The Morgan fingerprint density at radius 3 is 2.42 bits per heavy atom. The number of benzene rings is 1. The molecule has 8 nitrogen and oxygen atoms in total. The number of nitrogens with one attached hydrogen (secondary N) is 1. The predicted octanol–water partition coefficient (Wildman–Crippen LogP) is -0.462. The molecular weight excluding hydrogens is 356 g/mol. The molecule has 0 radical (unpaired) electrons. The maximum absolute atomic E-state index is 12.4. The quantitative estimate of drug-likeness (QED) is 0.749. The van der Waals surface area contributed by atoms with Crippen LogP contribution in [-0.4, -0.2) is 54.6 Å². The molecule has 1 saturated heterocycles. The maximum Gasteiger partial charge on any atom is 0.255 e. The Morgan fingerprint density at radius 1 is 1.15 bits per heavy atom. The summed E-state index contributed by atoms with van der Waals surface area (Å²) in [5, 5.41) is 2.78. The third kappa shape index (κ3) is 3.85. The van der Waals surface area contributed by atoms with Gasteiger partial charge in [0, 0.05) is 42.6 Å². The summed E-state index contributed by atoms with van der Waals surface area (Å²) in [6.45, 7) is 0.336. The highest BCUT2D eigenvalue weighted by Gasteiger charge is 2.35. The van der Waals surface area contributed by atoms with Crippen molar-refractivity contribution in [2.75, 3.05) is 19.3 Å². The lowest BCUT2D eigenvalue weighted by atomic mass is 10.1. The lowest BCUT2D eigenvalue weighted by molar-refractivity contribution is 0.0936. The zero-order valence-electron chi connectivity index (χ0n) is 14.2. The second-order valence-corrected chi connectivity index (χ2v) is 8.26. The molecule has 138 valence electrons. The second kappa shape index (κ2) is 7.02. The largest absolute Gasteiger partial charge is 0.346 e. The molecule has 9 heteroatoms. The molecule has 1 aromatic carbocycles. The van der Waals surface area contributed by atoms with Crippen LogP contribution in [0.1, 0.15) is 10.4 Å². The smallest absolute Gasteiger partial charge is 0.255 e. The fourth-order valence-electron chi connectivity index (χ4n) is 2.88. The molecular formula is C17H20N4O4S. The topological polar surface area (TPSA) is 114 Å². The Balaban J connectivity index is 1.71. The Labute approximate surface area is 151 Å². The molecule has 0 bridgehead atoms. The minimum Gasteiger partial charge on any atom is -0.346 e. The van der Waals surface area contributed by atoms with E-state index in [0.717, 1.165) is 6.26 Å². The lowest BCUT2D eigenvalue weighted by Gasteiger charge is -2.16. The Kier molecular flexibility index (Phi) is 4.94. The molecule has 1 aliphatic rings. The number of nitrogens with zero attached hydrogens (tertiary/aromatic N) is 2. The van der Waals surface area contributed by atoms with Crippen molar-refractivity contribution in [2.45, 2.75) is 12.1 Å². The van der Waals surface area contributed by atoms with Crippen LogP contribution in [0.2, 0.25) is 0 Å². The number of hydrogen-bond donors (Lipinski definition) is 2. The first kappa shape index (κ1) is 18.3. The van der Waals surface area contributed by atoms with Gasteiger partial charge in [-0.1, -0.05) is 6.07 Å². The van der Waals surface area contributed by atoms with Crippen LogP contribution >= 0.6 is 0 Å². The summed E-state index contributed by atoms with van der Waals surface area (Å²) in [7, 11) is -3.34. The summed E-state index contributed by atoms with van der Waals surface area (Å²) in [5.74, 6) is -0.340. The number of carbonyl (C=O) groups is 1. The van der Waals surface area contributed by atoms with E-state index in [9.17, 15) is 18.0 Å². The number of aromatic nitrogens is 1. The molecule has 2 atom stereocenters. The van der Waals surface area contributed by atoms with Crippen LogP contribution in [0.15, 0.2) is 53.5 Å². The highest BCUT2D eigenvalue weighted by molar-refractivity contribution is 7.88. The van der Waals surface area contributed by atoms with Gasteiger partial charge >= 0.3 is 0 Å². The number of carbonyl (C=O) groups excluding carboxylic acids is 1. The van der Waals surface area contributed by atoms with E-state index in [0.29, 0.717) is 11.3 Å². The van der Waals surface area contributed by atoms with Crippen molar-refractivity contribution < 1.29 is 13.2 Å². The van der Waals surface area contributed by atoms with Gasteiger partial charge in [-0.15, -0.1) is 0 Å². The minimum absolute atomic E-state index is 0.156. The van der Waals surface area contributed by atoms with Crippen molar-refractivity contribution in [1.82, 2.24) is 14.2 Å². The number of nitrogens with two attached hydrogens (primary N) is 1. The van der Waals surface area contributed by atoms with Gasteiger partial charge in [-0.3, -0.25) is 14.2 Å². The van der Waals surface area contributed by atoms with Crippen molar-refractivity contribution >= 4 is 15.9 Å². The van der Waals surface area contributed by atoms with E-state index < -0.39 is 22.1 Å². The van der Waals surface area contributed by atoms with Gasteiger partial charge in [0.2, 0.25) is 10.0 Å². The highest BCUT2D eigenvalue weighted by atomic mass is 32.2. The van der Waals surface area contributed by atoms with Gasteiger partial charge in [0.25, 0.3) is 11.5 Å². The van der Waals surface area contributed by atoms with Gasteiger partial charge in [-0.05, 0) is 30.3 Å². The molecule has 1 amide bonds. The van der Waals surface area contributed by atoms with E-state index in [1.165, 1.54) is 14.9 Å². The average Bonchev–Trinajstić information content (AvgIpc) is 2.96. The van der Waals surface area contributed by atoms with Gasteiger partial charge in [-0.2, -0.15) is 4.31 Å². The Morgan fingerprint density at radius 2 is 1.85 bits per heavy atom. The van der Waals surface area contributed by atoms with Gasteiger partial charge < -0.3 is 11.1 Å². The molecule has 1 aromatic heterocycles. The molecule has 3 N–H and O–H groups in total. The van der Waals surface area contributed by atoms with E-state index in [4.69, 9.17) is 5.73 Å². The van der Waals surface area contributed by atoms with Gasteiger partial charge in [0.1, 0.15) is 0 Å². The molecule has 2 aromatic rings. The SMILES string of the molecule is CS(=O)(=O)N1CC(N)C(NC(=O)c2ccc(-n3ccccc3=O)cc2)C1. The number of rotatable bonds is 4. The molecule has 0 spiro atoms. The van der Waals surface area contributed by atoms with Crippen LogP contribution in [0.3, 0.4) is 0 Å². The van der Waals surface area contributed by atoms with Crippen LogP contribution < -0.4 is 16.6 Å². The Bertz CT molecular complexity index is 969. The zero-order chi connectivity index (χ0) is 18.9. The molecule has 2 unspecified atom stereocenters. The number of amides is 1. The normalized spacial score (nSPS) is 20.8. The predicted molar refractivity (Wildman–Crippen MR) is 97.7 cm³/mol. The first-order valence-electron chi connectivity index (χ1n) is 8.05. The maximum atomic E-state index is 12.4. The fourth-order valence-corrected chi connectivity index (χ4v) is 3.76. The molecule has 1 aliphatic heterocycles. The first-order chi connectivity index (χ1) is 12.3. The molecule has 2 heterocycles. The van der Waals surface area contributed by atoms with Crippen LogP contribution in [-0.2, 0) is 10.0 Å². The van der Waals surface area contributed by atoms with Crippen molar-refractivity contribution in [3.8, 4) is 5.69 Å². The third-order valence-electron chi connectivity index (χ3n) is 4.35. The molecule has 0 aliphatic carbocycles. The second-order valence-electron chi connectivity index (χ2n) is 6.28. The summed E-state index contributed by atoms with van der Waals surface area (Å²) in [6, 6.07) is 10.5. The lowest BCUT2D eigenvalue weighted by Crippen LogP contribution is -2.46. The van der Waals surface area contributed by atoms with Crippen molar-refractivity contribution in [3.05, 3.63) is 64.6 Å². The van der Waals surface area contributed by atoms with Gasteiger partial charge in [-0.25, -0.2) is 8.42 Å². The van der Waals surface area contributed by atoms with Crippen molar-refractivity contribution in [2.24, 2.45) is 5.73 Å². The summed E-state index contributed by atoms with van der Waals surface area (Å²) in [6.07, 6.45) is 2.77. The molecule has 26 heavy (non-hydrogen) atoms. The van der Waals surface area contributed by atoms with Crippen LogP contribution in [0.5, 0.6) is 0 Å². The van der Waals surface area contributed by atoms with Crippen LogP contribution in [0.4, 0.5) is 0 Å². The van der Waals surface area contributed by atoms with Gasteiger partial charge in [0.15, 0.2) is 0 Å². The van der Waals surface area contributed by atoms with E-state index in [1.807, 2.05) is 0 Å². The highest BCUT2D eigenvalue weighted by Crippen LogP contribution is 2.14. The third-order valence-corrected chi connectivity index (χ3v) is 5.58. The summed E-state index contributed by atoms with van der Waals surface area (Å²) in [5.41, 5.74) is 6.84. The van der Waals surface area contributed by atoms with Gasteiger partial charge in [0.05, 0.1) is 12.3 Å². The standard InChI is InChI=1S/C17H20N4O4S/c1-26(24,25)20-10-14(18)15(11-20)19-17(23)12-5-7-13(8-6-12)21-9-3-2-4-16(21)22/h2-9,14-15H,10-11,18H2,1H3,(H,19,23). The van der Waals surface area contributed by atoms with Crippen molar-refractivity contribution in [3.63, 3.8) is 0 Å². The first-order valence-corrected chi connectivity index (χ1v) is 9.90. The summed E-state index contributed by atoms with van der Waals surface area (Å²) < 4.78 is 25.9. The molecule has 0 saturated carbocycles. The summed E-state index contributed by atoms with van der Waals surface area (Å²) >= 11 is 0. The average molecular weight is 376 g/mol. The zero-order valence-corrected chi connectivity index (χ0v) is 15.0. The number of pyridine rings is 1. The van der Waals surface area contributed by atoms with Crippen LogP contribution in [0.25, 0.3) is 5.69 Å².